The van der Waals surface area contributed by atoms with Crippen molar-refractivity contribution < 1.29 is 4.39 Å². The molecule has 1 N–H and O–H groups in total. The summed E-state index contributed by atoms with van der Waals surface area (Å²) in [5, 5.41) is 3.35. The zero-order valence-electron chi connectivity index (χ0n) is 10.3. The normalized spacial score (nSPS) is 12.4. The van der Waals surface area contributed by atoms with E-state index in [4.69, 9.17) is 0 Å². The molecule has 2 rings (SSSR count). The number of halogens is 3. The molecule has 1 unspecified atom stereocenters. The third-order valence-corrected chi connectivity index (χ3v) is 3.60. The second kappa shape index (κ2) is 6.59. The molecule has 0 aliphatic heterocycles. The lowest BCUT2D eigenvalue weighted by atomic mass is 10.0. The number of benzene rings is 1. The Kier molecular flexibility index (Phi) is 5.07. The summed E-state index contributed by atoms with van der Waals surface area (Å²) in [6.07, 6.45) is 2.90. The van der Waals surface area contributed by atoms with Gasteiger partial charge in [0.1, 0.15) is 5.82 Å². The quantitative estimate of drug-likeness (QED) is 0.838. The van der Waals surface area contributed by atoms with E-state index in [0.717, 1.165) is 26.6 Å². The molecule has 0 aliphatic carbocycles. The van der Waals surface area contributed by atoms with Crippen molar-refractivity contribution in [2.75, 3.05) is 6.54 Å². The van der Waals surface area contributed by atoms with Crippen molar-refractivity contribution in [1.29, 1.82) is 0 Å². The third-order valence-electron chi connectivity index (χ3n) is 2.69. The molecule has 0 saturated heterocycles. The lowest BCUT2D eigenvalue weighted by Crippen LogP contribution is -2.22. The van der Waals surface area contributed by atoms with Gasteiger partial charge < -0.3 is 5.32 Å². The van der Waals surface area contributed by atoms with Crippen molar-refractivity contribution in [3.63, 3.8) is 0 Å². The number of rotatable bonds is 4. The maximum absolute atomic E-state index is 13.3. The second-order valence-electron chi connectivity index (χ2n) is 4.13. The highest BCUT2D eigenvalue weighted by atomic mass is 79.9. The van der Waals surface area contributed by atoms with Gasteiger partial charge in [0.25, 0.3) is 0 Å². The van der Waals surface area contributed by atoms with Crippen molar-refractivity contribution >= 4 is 31.9 Å². The van der Waals surface area contributed by atoms with Gasteiger partial charge in [-0.15, -0.1) is 0 Å². The van der Waals surface area contributed by atoms with E-state index in [1.165, 1.54) is 12.3 Å². The molecule has 19 heavy (non-hydrogen) atoms. The Balaban J connectivity index is 2.44. The molecule has 1 aromatic carbocycles. The van der Waals surface area contributed by atoms with Gasteiger partial charge in [-0.3, -0.25) is 4.98 Å². The van der Waals surface area contributed by atoms with Crippen LogP contribution in [0.4, 0.5) is 4.39 Å². The van der Waals surface area contributed by atoms with Crippen LogP contribution in [0.3, 0.4) is 0 Å². The molecule has 1 aromatic heterocycles. The van der Waals surface area contributed by atoms with Crippen molar-refractivity contribution in [1.82, 2.24) is 10.3 Å². The first-order valence-corrected chi connectivity index (χ1v) is 7.48. The number of nitrogens with zero attached hydrogens (tertiary/aromatic N) is 1. The van der Waals surface area contributed by atoms with E-state index in [0.29, 0.717) is 0 Å². The summed E-state index contributed by atoms with van der Waals surface area (Å²) in [4.78, 5) is 3.92. The zero-order chi connectivity index (χ0) is 13.8. The summed E-state index contributed by atoms with van der Waals surface area (Å²) in [5.74, 6) is -0.325. The van der Waals surface area contributed by atoms with Gasteiger partial charge in [0.15, 0.2) is 0 Å². The van der Waals surface area contributed by atoms with Crippen LogP contribution in [0.1, 0.15) is 24.1 Å². The summed E-state index contributed by atoms with van der Waals surface area (Å²) in [6.45, 7) is 2.80. The van der Waals surface area contributed by atoms with E-state index < -0.39 is 0 Å². The van der Waals surface area contributed by atoms with Crippen LogP contribution in [0.2, 0.25) is 0 Å². The van der Waals surface area contributed by atoms with E-state index in [9.17, 15) is 4.39 Å². The predicted octanol–water partition coefficient (Wildman–Crippen LogP) is 4.44. The summed E-state index contributed by atoms with van der Waals surface area (Å²) in [6, 6.07) is 7.43. The Morgan fingerprint density at radius 2 is 1.79 bits per heavy atom. The molecule has 1 atom stereocenters. The minimum atomic E-state index is -0.325. The fourth-order valence-electron chi connectivity index (χ4n) is 1.96. The van der Waals surface area contributed by atoms with Gasteiger partial charge in [0, 0.05) is 15.1 Å². The predicted molar refractivity (Wildman–Crippen MR) is 81.6 cm³/mol. The van der Waals surface area contributed by atoms with Gasteiger partial charge in [0.05, 0.1) is 12.2 Å². The van der Waals surface area contributed by atoms with E-state index in [-0.39, 0.29) is 11.9 Å². The highest BCUT2D eigenvalue weighted by molar-refractivity contribution is 9.11. The fourth-order valence-corrected chi connectivity index (χ4v) is 3.29. The maximum atomic E-state index is 13.3. The smallest absolute Gasteiger partial charge is 0.141 e. The lowest BCUT2D eigenvalue weighted by molar-refractivity contribution is 0.596. The molecule has 0 aliphatic rings. The highest BCUT2D eigenvalue weighted by Gasteiger charge is 2.15. The van der Waals surface area contributed by atoms with E-state index in [2.05, 4.69) is 42.2 Å². The van der Waals surface area contributed by atoms with Crippen LogP contribution in [0.15, 0.2) is 45.6 Å². The number of nitrogens with one attached hydrogen (secondary N) is 1. The van der Waals surface area contributed by atoms with Crippen molar-refractivity contribution in [2.24, 2.45) is 0 Å². The van der Waals surface area contributed by atoms with Gasteiger partial charge in [0.2, 0.25) is 0 Å². The van der Waals surface area contributed by atoms with Gasteiger partial charge in [-0.1, -0.05) is 38.8 Å². The van der Waals surface area contributed by atoms with E-state index in [1.807, 2.05) is 25.1 Å². The first-order valence-electron chi connectivity index (χ1n) is 5.90. The molecular formula is C14H13Br2FN2. The standard InChI is InChI=1S/C14H13Br2FN2/c1-2-19-14(10-5-13(17)8-18-7-10)9-3-11(15)6-12(16)4-9/h3-8,14,19H,2H2,1H3. The molecule has 2 aromatic rings. The Morgan fingerprint density at radius 1 is 1.11 bits per heavy atom. The molecule has 0 saturated carbocycles. The summed E-state index contributed by atoms with van der Waals surface area (Å²) < 4.78 is 15.3. The Hall–Kier alpha value is -0.780. The van der Waals surface area contributed by atoms with E-state index >= 15 is 0 Å². The van der Waals surface area contributed by atoms with E-state index in [1.54, 1.807) is 6.20 Å². The molecule has 5 heteroatoms. The number of aromatic nitrogens is 1. The number of hydrogen-bond acceptors (Lipinski definition) is 2. The Morgan fingerprint density at radius 3 is 2.37 bits per heavy atom. The molecule has 0 amide bonds. The van der Waals surface area contributed by atoms with Gasteiger partial charge in [-0.05, 0) is 41.9 Å². The molecule has 0 radical (unpaired) electrons. The SMILES string of the molecule is CCNC(c1cncc(F)c1)c1cc(Br)cc(Br)c1. The van der Waals surface area contributed by atoms with Crippen LogP contribution in [0, 0.1) is 5.82 Å². The van der Waals surface area contributed by atoms with Gasteiger partial charge >= 0.3 is 0 Å². The average Bonchev–Trinajstić information content (AvgIpc) is 2.34. The molecular weight excluding hydrogens is 375 g/mol. The van der Waals surface area contributed by atoms with Crippen LogP contribution in [-0.4, -0.2) is 11.5 Å². The number of hydrogen-bond donors (Lipinski definition) is 1. The lowest BCUT2D eigenvalue weighted by Gasteiger charge is -2.19. The largest absolute Gasteiger partial charge is 0.306 e. The average molecular weight is 388 g/mol. The first-order chi connectivity index (χ1) is 9.10. The van der Waals surface area contributed by atoms with Gasteiger partial charge in [-0.2, -0.15) is 0 Å². The van der Waals surface area contributed by atoms with Crippen LogP contribution in [-0.2, 0) is 0 Å². The minimum Gasteiger partial charge on any atom is -0.306 e. The fraction of sp³-hybridized carbons (Fsp3) is 0.214. The molecule has 0 bridgehead atoms. The van der Waals surface area contributed by atoms with Crippen LogP contribution in [0.25, 0.3) is 0 Å². The minimum absolute atomic E-state index is 0.0815. The maximum Gasteiger partial charge on any atom is 0.141 e. The van der Waals surface area contributed by atoms with Crippen molar-refractivity contribution in [2.45, 2.75) is 13.0 Å². The first kappa shape index (κ1) is 14.6. The molecule has 2 nitrogen and oxygen atoms in total. The molecule has 0 spiro atoms. The summed E-state index contributed by atoms with van der Waals surface area (Å²) >= 11 is 6.94. The monoisotopic (exact) mass is 386 g/mol. The second-order valence-corrected chi connectivity index (χ2v) is 5.96. The van der Waals surface area contributed by atoms with Crippen LogP contribution < -0.4 is 5.32 Å². The molecule has 100 valence electrons. The third kappa shape index (κ3) is 3.84. The van der Waals surface area contributed by atoms with Crippen molar-refractivity contribution in [3.05, 3.63) is 62.5 Å². The zero-order valence-corrected chi connectivity index (χ0v) is 13.5. The number of pyridine rings is 1. The highest BCUT2D eigenvalue weighted by Crippen LogP contribution is 2.28. The van der Waals surface area contributed by atoms with Gasteiger partial charge in [-0.25, -0.2) is 4.39 Å². The van der Waals surface area contributed by atoms with Crippen LogP contribution in [0.5, 0.6) is 0 Å². The van der Waals surface area contributed by atoms with Crippen LogP contribution >= 0.6 is 31.9 Å². The molecule has 0 fully saturated rings. The summed E-state index contributed by atoms with van der Waals surface area (Å²) in [7, 11) is 0. The Bertz CT molecular complexity index is 555. The van der Waals surface area contributed by atoms with Crippen molar-refractivity contribution in [3.8, 4) is 0 Å². The topological polar surface area (TPSA) is 24.9 Å². The summed E-state index contributed by atoms with van der Waals surface area (Å²) in [5.41, 5.74) is 1.86. The Labute approximate surface area is 128 Å². The molecule has 1 heterocycles.